The van der Waals surface area contributed by atoms with Gasteiger partial charge in [-0.15, -0.1) is 0 Å². The number of nitrogens with one attached hydrogen (secondary N) is 1. The average molecular weight is 217 g/mol. The highest BCUT2D eigenvalue weighted by Crippen LogP contribution is 2.21. The van der Waals surface area contributed by atoms with E-state index in [0.717, 1.165) is 5.56 Å². The van der Waals surface area contributed by atoms with Crippen LogP contribution in [0.3, 0.4) is 0 Å². The van der Waals surface area contributed by atoms with Crippen molar-refractivity contribution >= 4 is 12.0 Å². The molecule has 0 unspecified atom stereocenters. The smallest absolute Gasteiger partial charge is 0.228 e. The molecule has 1 aromatic rings. The first-order valence-corrected chi connectivity index (χ1v) is 5.40. The van der Waals surface area contributed by atoms with Crippen LogP contribution in [0.2, 0.25) is 0 Å². The van der Waals surface area contributed by atoms with Gasteiger partial charge >= 0.3 is 0 Å². The second kappa shape index (κ2) is 4.49. The Labute approximate surface area is 94.8 Å². The number of aliphatic hydroxyl groups excluding tert-OH is 1. The number of rotatable bonds is 3. The van der Waals surface area contributed by atoms with Crippen LogP contribution in [0, 0.1) is 5.92 Å². The van der Waals surface area contributed by atoms with Crippen molar-refractivity contribution in [3.8, 4) is 0 Å². The van der Waals surface area contributed by atoms with Crippen LogP contribution in [0.5, 0.6) is 0 Å². The summed E-state index contributed by atoms with van der Waals surface area (Å²) in [7, 11) is 0. The monoisotopic (exact) mass is 217 g/mol. The molecular formula is C13H15NO2. The third-order valence-corrected chi connectivity index (χ3v) is 2.81. The number of carbonyl (C=O) groups is 1. The third-order valence-electron chi connectivity index (χ3n) is 2.81. The van der Waals surface area contributed by atoms with Crippen molar-refractivity contribution in [2.45, 2.75) is 19.1 Å². The number of carbonyl (C=O) groups excluding carboxylic acids is 1. The maximum atomic E-state index is 11.2. The summed E-state index contributed by atoms with van der Waals surface area (Å²) in [6, 6.07) is 9.83. The van der Waals surface area contributed by atoms with E-state index in [1.54, 1.807) is 6.92 Å². The van der Waals surface area contributed by atoms with Crippen LogP contribution < -0.4 is 5.32 Å². The standard InChI is InChI=1S/C13H15NO2/c1-9(15)12-11(14-13(12)16)8-7-10-5-3-2-4-6-10/h2-9,11-12,15H,1H3,(H,14,16)/b8-7+/t9-,11+,12+/m0/s1. The Morgan fingerprint density at radius 1 is 1.38 bits per heavy atom. The lowest BCUT2D eigenvalue weighted by Crippen LogP contribution is -2.60. The number of aliphatic hydroxyl groups is 1. The van der Waals surface area contributed by atoms with Gasteiger partial charge in [0.25, 0.3) is 0 Å². The molecule has 1 heterocycles. The topological polar surface area (TPSA) is 49.3 Å². The summed E-state index contributed by atoms with van der Waals surface area (Å²) in [6.45, 7) is 1.65. The largest absolute Gasteiger partial charge is 0.392 e. The van der Waals surface area contributed by atoms with E-state index in [0.29, 0.717) is 0 Å². The Bertz CT molecular complexity index is 398. The summed E-state index contributed by atoms with van der Waals surface area (Å²) in [4.78, 5) is 11.2. The molecule has 0 saturated carbocycles. The Kier molecular flexibility index (Phi) is 3.06. The lowest BCUT2D eigenvalue weighted by molar-refractivity contribution is -0.138. The molecule has 0 radical (unpaired) electrons. The van der Waals surface area contributed by atoms with Crippen LogP contribution in [0.1, 0.15) is 12.5 Å². The lowest BCUT2D eigenvalue weighted by Gasteiger charge is -2.36. The Balaban J connectivity index is 2.01. The van der Waals surface area contributed by atoms with Crippen molar-refractivity contribution < 1.29 is 9.90 Å². The lowest BCUT2D eigenvalue weighted by atomic mass is 9.85. The Morgan fingerprint density at radius 3 is 2.62 bits per heavy atom. The molecule has 1 aliphatic rings. The van der Waals surface area contributed by atoms with Crippen LogP contribution in [0.25, 0.3) is 6.08 Å². The van der Waals surface area contributed by atoms with Crippen molar-refractivity contribution in [2.75, 3.05) is 0 Å². The first-order chi connectivity index (χ1) is 7.68. The van der Waals surface area contributed by atoms with E-state index in [-0.39, 0.29) is 17.9 Å². The van der Waals surface area contributed by atoms with E-state index in [1.165, 1.54) is 0 Å². The van der Waals surface area contributed by atoms with Crippen molar-refractivity contribution in [1.29, 1.82) is 0 Å². The second-order valence-electron chi connectivity index (χ2n) is 4.07. The third kappa shape index (κ3) is 2.14. The molecule has 3 heteroatoms. The first-order valence-electron chi connectivity index (χ1n) is 5.40. The number of amides is 1. The molecule has 1 aromatic carbocycles. The van der Waals surface area contributed by atoms with E-state index < -0.39 is 6.10 Å². The van der Waals surface area contributed by atoms with Gasteiger partial charge in [-0.1, -0.05) is 42.5 Å². The van der Waals surface area contributed by atoms with Crippen molar-refractivity contribution in [3.63, 3.8) is 0 Å². The SMILES string of the molecule is C[C@H](O)[C@H]1C(=O)N[C@@H]1/C=C/c1ccccc1. The van der Waals surface area contributed by atoms with Crippen molar-refractivity contribution in [3.05, 3.63) is 42.0 Å². The molecule has 1 saturated heterocycles. The molecule has 1 amide bonds. The fourth-order valence-electron chi connectivity index (χ4n) is 1.88. The number of β-lactam (4-membered cyclic amide) rings is 1. The zero-order valence-corrected chi connectivity index (χ0v) is 9.13. The van der Waals surface area contributed by atoms with E-state index in [9.17, 15) is 9.90 Å². The van der Waals surface area contributed by atoms with Crippen LogP contribution in [-0.4, -0.2) is 23.2 Å². The van der Waals surface area contributed by atoms with Gasteiger partial charge < -0.3 is 10.4 Å². The predicted molar refractivity (Wildman–Crippen MR) is 62.6 cm³/mol. The quantitative estimate of drug-likeness (QED) is 0.747. The van der Waals surface area contributed by atoms with E-state index in [4.69, 9.17) is 0 Å². The number of hydrogen-bond acceptors (Lipinski definition) is 2. The van der Waals surface area contributed by atoms with Gasteiger partial charge in [-0.05, 0) is 12.5 Å². The zero-order chi connectivity index (χ0) is 11.5. The molecule has 0 bridgehead atoms. The highest BCUT2D eigenvalue weighted by molar-refractivity contribution is 5.87. The molecule has 2 N–H and O–H groups in total. The molecule has 1 fully saturated rings. The molecule has 0 aliphatic carbocycles. The molecule has 84 valence electrons. The van der Waals surface area contributed by atoms with E-state index in [1.807, 2.05) is 42.5 Å². The molecule has 3 atom stereocenters. The fourth-order valence-corrected chi connectivity index (χ4v) is 1.88. The van der Waals surface area contributed by atoms with Gasteiger partial charge in [0.2, 0.25) is 5.91 Å². The number of hydrogen-bond donors (Lipinski definition) is 2. The summed E-state index contributed by atoms with van der Waals surface area (Å²) >= 11 is 0. The van der Waals surface area contributed by atoms with Gasteiger partial charge in [0, 0.05) is 0 Å². The maximum absolute atomic E-state index is 11.2. The van der Waals surface area contributed by atoms with Crippen LogP contribution in [-0.2, 0) is 4.79 Å². The van der Waals surface area contributed by atoms with Gasteiger partial charge in [-0.2, -0.15) is 0 Å². The molecule has 16 heavy (non-hydrogen) atoms. The highest BCUT2D eigenvalue weighted by Gasteiger charge is 2.40. The zero-order valence-electron chi connectivity index (χ0n) is 9.13. The molecule has 0 spiro atoms. The van der Waals surface area contributed by atoms with Crippen LogP contribution in [0.4, 0.5) is 0 Å². The average Bonchev–Trinajstić information content (AvgIpc) is 2.24. The normalized spacial score (nSPS) is 26.2. The molecule has 0 aromatic heterocycles. The Hall–Kier alpha value is -1.61. The number of benzene rings is 1. The summed E-state index contributed by atoms with van der Waals surface area (Å²) in [6.07, 6.45) is 3.28. The van der Waals surface area contributed by atoms with Crippen molar-refractivity contribution in [1.82, 2.24) is 5.32 Å². The summed E-state index contributed by atoms with van der Waals surface area (Å²) < 4.78 is 0. The van der Waals surface area contributed by atoms with Gasteiger partial charge in [-0.25, -0.2) is 0 Å². The van der Waals surface area contributed by atoms with Gasteiger partial charge in [0.1, 0.15) is 0 Å². The molecular weight excluding hydrogens is 202 g/mol. The molecule has 1 aliphatic heterocycles. The van der Waals surface area contributed by atoms with Gasteiger partial charge in [0.15, 0.2) is 0 Å². The second-order valence-corrected chi connectivity index (χ2v) is 4.07. The minimum Gasteiger partial charge on any atom is -0.392 e. The molecule has 3 nitrogen and oxygen atoms in total. The minimum absolute atomic E-state index is 0.0484. The Morgan fingerprint density at radius 2 is 2.06 bits per heavy atom. The van der Waals surface area contributed by atoms with Crippen LogP contribution in [0.15, 0.2) is 36.4 Å². The van der Waals surface area contributed by atoms with Crippen molar-refractivity contribution in [2.24, 2.45) is 5.92 Å². The van der Waals surface area contributed by atoms with E-state index in [2.05, 4.69) is 5.32 Å². The van der Waals surface area contributed by atoms with Crippen LogP contribution >= 0.6 is 0 Å². The van der Waals surface area contributed by atoms with Gasteiger partial charge in [-0.3, -0.25) is 4.79 Å². The highest BCUT2D eigenvalue weighted by atomic mass is 16.3. The first kappa shape index (κ1) is 10.9. The van der Waals surface area contributed by atoms with E-state index >= 15 is 0 Å². The summed E-state index contributed by atoms with van der Waals surface area (Å²) in [5.74, 6) is -0.377. The molecule has 2 rings (SSSR count). The van der Waals surface area contributed by atoms with Gasteiger partial charge in [0.05, 0.1) is 18.1 Å². The predicted octanol–water partition coefficient (Wildman–Crippen LogP) is 1.20. The summed E-state index contributed by atoms with van der Waals surface area (Å²) in [5.41, 5.74) is 1.09. The minimum atomic E-state index is -0.598. The maximum Gasteiger partial charge on any atom is 0.228 e. The summed E-state index contributed by atoms with van der Waals surface area (Å²) in [5, 5.41) is 12.2. The fraction of sp³-hybridized carbons (Fsp3) is 0.308.